The molecule has 0 aliphatic heterocycles. The Hall–Kier alpha value is -2.57. The van der Waals surface area contributed by atoms with E-state index in [1.165, 1.54) is 13.2 Å². The Morgan fingerprint density at radius 3 is 2.48 bits per heavy atom. The van der Waals surface area contributed by atoms with Gasteiger partial charge in [0, 0.05) is 6.20 Å². The van der Waals surface area contributed by atoms with Crippen LogP contribution in [0.15, 0.2) is 36.5 Å². The number of halogens is 3. The molecule has 2 rings (SSSR count). The van der Waals surface area contributed by atoms with Crippen LogP contribution in [0.5, 0.6) is 5.75 Å². The molecule has 0 amide bonds. The number of para-hydroxylation sites is 1. The van der Waals surface area contributed by atoms with Crippen molar-refractivity contribution in [2.45, 2.75) is 6.18 Å². The lowest BCUT2D eigenvalue weighted by Crippen LogP contribution is -2.10. The van der Waals surface area contributed by atoms with Gasteiger partial charge in [0.2, 0.25) is 5.78 Å². The summed E-state index contributed by atoms with van der Waals surface area (Å²) < 4.78 is 42.3. The van der Waals surface area contributed by atoms with E-state index in [2.05, 4.69) is 4.98 Å². The average Bonchev–Trinajstić information content (AvgIpc) is 2.46. The van der Waals surface area contributed by atoms with E-state index in [4.69, 9.17) is 10.5 Å². The molecule has 0 spiro atoms. The number of rotatable bonds is 3. The summed E-state index contributed by atoms with van der Waals surface area (Å²) in [7, 11) is 1.40. The van der Waals surface area contributed by atoms with E-state index >= 15 is 0 Å². The molecule has 4 nitrogen and oxygen atoms in total. The standard InChI is InChI=1S/C14H11F3N2O2/c1-21-11-4-2-3-9(12(11)18)13(20)10-6-5-8(7-19-10)14(15,16)17/h2-7H,18H2,1H3. The maximum absolute atomic E-state index is 12.4. The monoisotopic (exact) mass is 296 g/mol. The summed E-state index contributed by atoms with van der Waals surface area (Å²) in [5.74, 6) is -0.257. The Kier molecular flexibility index (Phi) is 3.84. The minimum atomic E-state index is -4.50. The molecule has 0 unspecified atom stereocenters. The first-order valence-electron chi connectivity index (χ1n) is 5.85. The highest BCUT2D eigenvalue weighted by Gasteiger charge is 2.31. The van der Waals surface area contributed by atoms with Gasteiger partial charge in [0.1, 0.15) is 11.4 Å². The van der Waals surface area contributed by atoms with Crippen LogP contribution in [0.3, 0.4) is 0 Å². The van der Waals surface area contributed by atoms with Gasteiger partial charge in [0.05, 0.1) is 23.9 Å². The normalized spacial score (nSPS) is 11.2. The third-order valence-corrected chi connectivity index (χ3v) is 2.85. The van der Waals surface area contributed by atoms with E-state index in [1.54, 1.807) is 12.1 Å². The fraction of sp³-hybridized carbons (Fsp3) is 0.143. The molecule has 1 aromatic carbocycles. The van der Waals surface area contributed by atoms with Crippen molar-refractivity contribution in [2.24, 2.45) is 0 Å². The molecule has 0 saturated heterocycles. The Balaban J connectivity index is 2.37. The first-order chi connectivity index (χ1) is 9.84. The summed E-state index contributed by atoms with van der Waals surface area (Å²) in [4.78, 5) is 15.8. The van der Waals surface area contributed by atoms with Crippen molar-refractivity contribution in [3.63, 3.8) is 0 Å². The number of carbonyl (C=O) groups is 1. The maximum Gasteiger partial charge on any atom is 0.417 e. The van der Waals surface area contributed by atoms with Crippen molar-refractivity contribution < 1.29 is 22.7 Å². The third-order valence-electron chi connectivity index (χ3n) is 2.85. The number of anilines is 1. The van der Waals surface area contributed by atoms with Crippen LogP contribution >= 0.6 is 0 Å². The molecule has 0 aliphatic rings. The molecule has 0 saturated carbocycles. The second kappa shape index (κ2) is 5.43. The SMILES string of the molecule is COc1cccc(C(=O)c2ccc(C(F)(F)F)cn2)c1N. The van der Waals surface area contributed by atoms with E-state index in [-0.39, 0.29) is 16.9 Å². The topological polar surface area (TPSA) is 65.2 Å². The van der Waals surface area contributed by atoms with Crippen molar-refractivity contribution in [3.8, 4) is 5.75 Å². The van der Waals surface area contributed by atoms with Crippen LogP contribution in [0, 0.1) is 0 Å². The average molecular weight is 296 g/mol. The van der Waals surface area contributed by atoms with Gasteiger partial charge in [-0.3, -0.25) is 9.78 Å². The fourth-order valence-electron chi connectivity index (χ4n) is 1.75. The highest BCUT2D eigenvalue weighted by atomic mass is 19.4. The Morgan fingerprint density at radius 1 is 1.24 bits per heavy atom. The number of hydrogen-bond donors (Lipinski definition) is 1. The number of aromatic nitrogens is 1. The van der Waals surface area contributed by atoms with Crippen LogP contribution in [0.1, 0.15) is 21.6 Å². The smallest absolute Gasteiger partial charge is 0.417 e. The zero-order valence-electron chi connectivity index (χ0n) is 10.9. The number of nitrogens with two attached hydrogens (primary N) is 1. The van der Waals surface area contributed by atoms with Gasteiger partial charge < -0.3 is 10.5 Å². The van der Waals surface area contributed by atoms with E-state index in [0.29, 0.717) is 11.9 Å². The van der Waals surface area contributed by atoms with Crippen LogP contribution in [-0.2, 0) is 6.18 Å². The summed E-state index contributed by atoms with van der Waals surface area (Å²) in [6.45, 7) is 0. The number of ether oxygens (including phenoxy) is 1. The summed E-state index contributed by atoms with van der Waals surface area (Å²) >= 11 is 0. The van der Waals surface area contributed by atoms with Crippen LogP contribution < -0.4 is 10.5 Å². The number of pyridine rings is 1. The highest BCUT2D eigenvalue weighted by molar-refractivity contribution is 6.11. The lowest BCUT2D eigenvalue weighted by molar-refractivity contribution is -0.137. The predicted molar refractivity (Wildman–Crippen MR) is 70.1 cm³/mol. The zero-order valence-corrected chi connectivity index (χ0v) is 10.9. The molecular weight excluding hydrogens is 285 g/mol. The molecular formula is C14H11F3N2O2. The number of alkyl halides is 3. The van der Waals surface area contributed by atoms with Crippen molar-refractivity contribution in [1.82, 2.24) is 4.98 Å². The zero-order chi connectivity index (χ0) is 15.6. The number of hydrogen-bond acceptors (Lipinski definition) is 4. The van der Waals surface area contributed by atoms with Gasteiger partial charge in [-0.05, 0) is 24.3 Å². The van der Waals surface area contributed by atoms with Gasteiger partial charge in [-0.25, -0.2) is 0 Å². The number of nitrogens with zero attached hydrogens (tertiary/aromatic N) is 1. The largest absolute Gasteiger partial charge is 0.495 e. The van der Waals surface area contributed by atoms with Gasteiger partial charge in [-0.1, -0.05) is 6.07 Å². The Labute approximate surface area is 118 Å². The Bertz CT molecular complexity index is 667. The quantitative estimate of drug-likeness (QED) is 0.698. The molecule has 0 radical (unpaired) electrons. The molecule has 7 heteroatoms. The minimum absolute atomic E-state index is 0.117. The molecule has 21 heavy (non-hydrogen) atoms. The van der Waals surface area contributed by atoms with Crippen LogP contribution in [-0.4, -0.2) is 17.9 Å². The van der Waals surface area contributed by atoms with E-state index in [1.807, 2.05) is 0 Å². The number of benzene rings is 1. The van der Waals surface area contributed by atoms with Gasteiger partial charge >= 0.3 is 6.18 Å². The number of carbonyl (C=O) groups excluding carboxylic acids is 1. The first-order valence-corrected chi connectivity index (χ1v) is 5.85. The highest BCUT2D eigenvalue weighted by Crippen LogP contribution is 2.29. The molecule has 1 aromatic heterocycles. The van der Waals surface area contributed by atoms with Gasteiger partial charge in [0.15, 0.2) is 0 Å². The predicted octanol–water partition coefficient (Wildman–Crippen LogP) is 2.92. The minimum Gasteiger partial charge on any atom is -0.495 e. The van der Waals surface area contributed by atoms with Crippen LogP contribution in [0.25, 0.3) is 0 Å². The number of ketones is 1. The van der Waals surface area contributed by atoms with Gasteiger partial charge in [0.25, 0.3) is 0 Å². The molecule has 1 heterocycles. The summed E-state index contributed by atoms with van der Waals surface area (Å²) in [6.07, 6.45) is -3.88. The number of methoxy groups -OCH3 is 1. The van der Waals surface area contributed by atoms with Gasteiger partial charge in [-0.2, -0.15) is 13.2 Å². The lowest BCUT2D eigenvalue weighted by Gasteiger charge is -2.09. The van der Waals surface area contributed by atoms with Crippen LogP contribution in [0.2, 0.25) is 0 Å². The molecule has 0 bridgehead atoms. The van der Waals surface area contributed by atoms with Crippen molar-refractivity contribution in [2.75, 3.05) is 12.8 Å². The van der Waals surface area contributed by atoms with Crippen molar-refractivity contribution in [1.29, 1.82) is 0 Å². The van der Waals surface area contributed by atoms with Gasteiger partial charge in [-0.15, -0.1) is 0 Å². The molecule has 2 N–H and O–H groups in total. The lowest BCUT2D eigenvalue weighted by atomic mass is 10.0. The molecule has 0 aliphatic carbocycles. The maximum atomic E-state index is 12.4. The summed E-state index contributed by atoms with van der Waals surface area (Å²) in [6, 6.07) is 6.42. The van der Waals surface area contributed by atoms with E-state index < -0.39 is 17.5 Å². The van der Waals surface area contributed by atoms with Crippen LogP contribution in [0.4, 0.5) is 18.9 Å². The van der Waals surface area contributed by atoms with Crippen molar-refractivity contribution >= 4 is 11.5 Å². The first kappa shape index (κ1) is 14.8. The second-order valence-corrected chi connectivity index (χ2v) is 4.18. The summed E-state index contributed by atoms with van der Waals surface area (Å²) in [5.41, 5.74) is 4.98. The van der Waals surface area contributed by atoms with Crippen molar-refractivity contribution in [3.05, 3.63) is 53.3 Å². The van der Waals surface area contributed by atoms with E-state index in [0.717, 1.165) is 12.1 Å². The summed E-state index contributed by atoms with van der Waals surface area (Å²) in [5, 5.41) is 0. The second-order valence-electron chi connectivity index (χ2n) is 4.18. The van der Waals surface area contributed by atoms with E-state index in [9.17, 15) is 18.0 Å². The molecule has 2 aromatic rings. The molecule has 0 fully saturated rings. The third kappa shape index (κ3) is 2.96. The number of nitrogen functional groups attached to an aromatic ring is 1. The fourth-order valence-corrected chi connectivity index (χ4v) is 1.75. The Morgan fingerprint density at radius 2 is 1.95 bits per heavy atom. The molecule has 0 atom stereocenters. The molecule has 110 valence electrons.